The second kappa shape index (κ2) is 7.99. The van der Waals surface area contributed by atoms with Crippen molar-refractivity contribution in [3.05, 3.63) is 82.7 Å². The van der Waals surface area contributed by atoms with Crippen LogP contribution in [-0.2, 0) is 13.7 Å². The summed E-state index contributed by atoms with van der Waals surface area (Å²) in [5, 5.41) is 8.20. The van der Waals surface area contributed by atoms with Crippen LogP contribution in [-0.4, -0.2) is 20.7 Å². The van der Waals surface area contributed by atoms with E-state index in [1.807, 2.05) is 76.3 Å². The fourth-order valence-corrected chi connectivity index (χ4v) is 3.53. The maximum atomic E-state index is 13.2. The van der Waals surface area contributed by atoms with Crippen LogP contribution in [0.5, 0.6) is 5.75 Å². The number of hydrogen-bond donors (Lipinski definition) is 1. The monoisotopic (exact) mass is 400 g/mol. The lowest BCUT2D eigenvalue weighted by Gasteiger charge is -2.14. The van der Waals surface area contributed by atoms with E-state index in [1.54, 1.807) is 10.7 Å². The van der Waals surface area contributed by atoms with E-state index in [2.05, 4.69) is 15.4 Å². The Morgan fingerprint density at radius 3 is 2.60 bits per heavy atom. The van der Waals surface area contributed by atoms with Crippen molar-refractivity contribution in [2.24, 2.45) is 7.05 Å². The highest BCUT2D eigenvalue weighted by Gasteiger charge is 2.19. The number of aromatic nitrogens is 3. The third kappa shape index (κ3) is 3.89. The number of nitrogens with zero attached hydrogens (tertiary/aromatic N) is 3. The quantitative estimate of drug-likeness (QED) is 0.526. The van der Waals surface area contributed by atoms with Crippen LogP contribution < -0.4 is 10.1 Å². The Morgan fingerprint density at radius 2 is 1.83 bits per heavy atom. The average Bonchev–Trinajstić information content (AvgIpc) is 3.01. The summed E-state index contributed by atoms with van der Waals surface area (Å²) in [5.41, 5.74) is 5.54. The number of anilines is 1. The molecule has 0 radical (unpaired) electrons. The molecule has 6 nitrogen and oxygen atoms in total. The first-order valence-electron chi connectivity index (χ1n) is 9.82. The second-order valence-corrected chi connectivity index (χ2v) is 7.45. The molecule has 6 heteroatoms. The van der Waals surface area contributed by atoms with Crippen molar-refractivity contribution >= 4 is 22.6 Å². The van der Waals surface area contributed by atoms with Crippen LogP contribution in [0.15, 0.2) is 54.6 Å². The molecule has 2 aromatic carbocycles. The smallest absolute Gasteiger partial charge is 0.256 e. The van der Waals surface area contributed by atoms with Crippen molar-refractivity contribution in [3.63, 3.8) is 0 Å². The minimum Gasteiger partial charge on any atom is -0.487 e. The molecular formula is C24H24N4O2. The Kier molecular flexibility index (Phi) is 5.23. The summed E-state index contributed by atoms with van der Waals surface area (Å²) >= 11 is 0. The standard InChI is InChI=1S/C24H24N4O2/c1-15-10-11-20(21(12-15)30-14-18-8-6-5-7-9-18)26-24(29)19-13-16(2)25-23-22(19)17(3)27-28(23)4/h5-13H,14H2,1-4H3,(H,26,29). The van der Waals surface area contributed by atoms with E-state index in [1.165, 1.54) is 0 Å². The molecule has 0 aliphatic carbocycles. The van der Waals surface area contributed by atoms with Crippen molar-refractivity contribution in [2.45, 2.75) is 27.4 Å². The Bertz CT molecular complexity index is 1230. The molecular weight excluding hydrogens is 376 g/mol. The van der Waals surface area contributed by atoms with Gasteiger partial charge in [-0.1, -0.05) is 36.4 Å². The van der Waals surface area contributed by atoms with Crippen molar-refractivity contribution in [1.29, 1.82) is 0 Å². The molecule has 0 spiro atoms. The highest BCUT2D eigenvalue weighted by atomic mass is 16.5. The van der Waals surface area contributed by atoms with Gasteiger partial charge in [0.15, 0.2) is 5.65 Å². The molecule has 0 fully saturated rings. The Balaban J connectivity index is 1.65. The summed E-state index contributed by atoms with van der Waals surface area (Å²) in [6.45, 7) is 6.18. The summed E-state index contributed by atoms with van der Waals surface area (Å²) in [6.07, 6.45) is 0. The minimum atomic E-state index is -0.213. The zero-order chi connectivity index (χ0) is 21.3. The molecule has 0 bridgehead atoms. The summed E-state index contributed by atoms with van der Waals surface area (Å²) in [6, 6.07) is 17.5. The molecule has 1 amide bonds. The third-order valence-electron chi connectivity index (χ3n) is 4.96. The number of carbonyl (C=O) groups is 1. The van der Waals surface area contributed by atoms with Crippen LogP contribution in [0.2, 0.25) is 0 Å². The van der Waals surface area contributed by atoms with E-state index in [9.17, 15) is 4.79 Å². The van der Waals surface area contributed by atoms with Gasteiger partial charge in [-0.2, -0.15) is 5.10 Å². The first-order valence-corrected chi connectivity index (χ1v) is 9.82. The van der Waals surface area contributed by atoms with E-state index in [0.29, 0.717) is 29.3 Å². The number of fused-ring (bicyclic) bond motifs is 1. The van der Waals surface area contributed by atoms with Crippen molar-refractivity contribution in [1.82, 2.24) is 14.8 Å². The maximum absolute atomic E-state index is 13.2. The van der Waals surface area contributed by atoms with E-state index in [-0.39, 0.29) is 5.91 Å². The van der Waals surface area contributed by atoms with Crippen LogP contribution >= 0.6 is 0 Å². The maximum Gasteiger partial charge on any atom is 0.256 e. The molecule has 0 aliphatic heterocycles. The molecule has 0 atom stereocenters. The fourth-order valence-electron chi connectivity index (χ4n) is 3.53. The number of nitrogens with one attached hydrogen (secondary N) is 1. The Morgan fingerprint density at radius 1 is 1.07 bits per heavy atom. The Labute approximate surface area is 175 Å². The molecule has 0 aliphatic rings. The average molecular weight is 400 g/mol. The Hall–Kier alpha value is -3.67. The predicted octanol–water partition coefficient (Wildman–Crippen LogP) is 4.72. The summed E-state index contributed by atoms with van der Waals surface area (Å²) < 4.78 is 7.74. The number of aryl methyl sites for hydroxylation is 4. The molecule has 4 rings (SSSR count). The zero-order valence-electron chi connectivity index (χ0n) is 17.6. The fraction of sp³-hybridized carbons (Fsp3) is 0.208. The normalized spacial score (nSPS) is 10.9. The van der Waals surface area contributed by atoms with Crippen LogP contribution in [0, 0.1) is 20.8 Å². The number of rotatable bonds is 5. The highest BCUT2D eigenvalue weighted by molar-refractivity contribution is 6.13. The molecule has 0 saturated heterocycles. The minimum absolute atomic E-state index is 0.213. The molecule has 30 heavy (non-hydrogen) atoms. The number of amides is 1. The topological polar surface area (TPSA) is 69.0 Å². The largest absolute Gasteiger partial charge is 0.487 e. The predicted molar refractivity (Wildman–Crippen MR) is 118 cm³/mol. The first-order chi connectivity index (χ1) is 14.4. The van der Waals surface area contributed by atoms with Gasteiger partial charge in [-0.25, -0.2) is 4.98 Å². The number of benzene rings is 2. The molecule has 0 unspecified atom stereocenters. The van der Waals surface area contributed by atoms with Crippen LogP contribution in [0.25, 0.3) is 11.0 Å². The second-order valence-electron chi connectivity index (χ2n) is 7.45. The van der Waals surface area contributed by atoms with Gasteiger partial charge in [0.2, 0.25) is 0 Å². The van der Waals surface area contributed by atoms with Crippen molar-refractivity contribution in [2.75, 3.05) is 5.32 Å². The molecule has 1 N–H and O–H groups in total. The van der Waals surface area contributed by atoms with Gasteiger partial charge in [-0.3, -0.25) is 9.48 Å². The van der Waals surface area contributed by atoms with Gasteiger partial charge < -0.3 is 10.1 Å². The molecule has 2 heterocycles. The summed E-state index contributed by atoms with van der Waals surface area (Å²) in [5.74, 6) is 0.423. The van der Waals surface area contributed by atoms with E-state index in [4.69, 9.17) is 4.74 Å². The van der Waals surface area contributed by atoms with Gasteiger partial charge in [-0.05, 0) is 50.1 Å². The zero-order valence-corrected chi connectivity index (χ0v) is 17.6. The number of pyridine rings is 1. The van der Waals surface area contributed by atoms with E-state index < -0.39 is 0 Å². The third-order valence-corrected chi connectivity index (χ3v) is 4.96. The van der Waals surface area contributed by atoms with Crippen LogP contribution in [0.4, 0.5) is 5.69 Å². The number of hydrogen-bond acceptors (Lipinski definition) is 4. The molecule has 2 aromatic heterocycles. The summed E-state index contributed by atoms with van der Waals surface area (Å²) in [4.78, 5) is 17.8. The SMILES string of the molecule is Cc1ccc(NC(=O)c2cc(C)nc3c2c(C)nn3C)c(OCc2ccccc2)c1. The lowest BCUT2D eigenvalue weighted by atomic mass is 10.1. The lowest BCUT2D eigenvalue weighted by Crippen LogP contribution is -2.14. The summed E-state index contributed by atoms with van der Waals surface area (Å²) in [7, 11) is 1.83. The van der Waals surface area contributed by atoms with Gasteiger partial charge in [0.1, 0.15) is 12.4 Å². The van der Waals surface area contributed by atoms with Crippen LogP contribution in [0.1, 0.15) is 32.9 Å². The van der Waals surface area contributed by atoms with Gasteiger partial charge in [0.25, 0.3) is 5.91 Å². The van der Waals surface area contributed by atoms with E-state index in [0.717, 1.165) is 27.9 Å². The molecule has 152 valence electrons. The number of ether oxygens (including phenoxy) is 1. The van der Waals surface area contributed by atoms with Gasteiger partial charge >= 0.3 is 0 Å². The lowest BCUT2D eigenvalue weighted by molar-refractivity contribution is 0.102. The van der Waals surface area contributed by atoms with E-state index >= 15 is 0 Å². The van der Waals surface area contributed by atoms with Crippen LogP contribution in [0.3, 0.4) is 0 Å². The van der Waals surface area contributed by atoms with Gasteiger partial charge in [0.05, 0.1) is 22.3 Å². The first kappa shape index (κ1) is 19.6. The van der Waals surface area contributed by atoms with Gasteiger partial charge in [0, 0.05) is 12.7 Å². The van der Waals surface area contributed by atoms with Crippen molar-refractivity contribution < 1.29 is 9.53 Å². The number of carbonyl (C=O) groups excluding carboxylic acids is 1. The van der Waals surface area contributed by atoms with Gasteiger partial charge in [-0.15, -0.1) is 0 Å². The molecule has 0 saturated carbocycles. The highest BCUT2D eigenvalue weighted by Crippen LogP contribution is 2.29. The van der Waals surface area contributed by atoms with Crippen molar-refractivity contribution in [3.8, 4) is 5.75 Å². The molecule has 4 aromatic rings.